The summed E-state index contributed by atoms with van der Waals surface area (Å²) in [6.07, 6.45) is 5.14. The zero-order chi connectivity index (χ0) is 28.6. The number of primary amides is 1. The van der Waals surface area contributed by atoms with E-state index in [0.717, 1.165) is 88.6 Å². The molecule has 4 N–H and O–H groups in total. The molecule has 0 saturated carbocycles. The van der Waals surface area contributed by atoms with Crippen molar-refractivity contribution in [1.82, 2.24) is 20.1 Å². The Morgan fingerprint density at radius 2 is 1.78 bits per heavy atom. The molecule has 0 spiro atoms. The molecule has 0 radical (unpaired) electrons. The quantitative estimate of drug-likeness (QED) is 0.352. The first-order chi connectivity index (χ1) is 20.0. The van der Waals surface area contributed by atoms with Crippen LogP contribution in [0, 0.1) is 0 Å². The van der Waals surface area contributed by atoms with Gasteiger partial charge in [0.25, 0.3) is 5.91 Å². The van der Waals surface area contributed by atoms with Crippen molar-refractivity contribution in [3.8, 4) is 11.3 Å². The molecule has 3 aromatic rings. The number of aromatic nitrogens is 1. The number of pyridine rings is 1. The highest BCUT2D eigenvalue weighted by Crippen LogP contribution is 2.33. The van der Waals surface area contributed by atoms with Crippen LogP contribution >= 0.6 is 0 Å². The van der Waals surface area contributed by atoms with Crippen molar-refractivity contribution in [3.63, 3.8) is 0 Å². The van der Waals surface area contributed by atoms with Gasteiger partial charge in [-0.2, -0.15) is 0 Å². The summed E-state index contributed by atoms with van der Waals surface area (Å²) in [4.78, 5) is 37.0. The number of hydrogen-bond donors (Lipinski definition) is 3. The zero-order valence-corrected chi connectivity index (χ0v) is 23.9. The molecular formula is C32H41N7O2. The average molecular weight is 556 g/mol. The van der Waals surface area contributed by atoms with Crippen molar-refractivity contribution < 1.29 is 9.59 Å². The van der Waals surface area contributed by atoms with Crippen LogP contribution in [0.25, 0.3) is 11.3 Å². The summed E-state index contributed by atoms with van der Waals surface area (Å²) in [6, 6.07) is 17.1. The van der Waals surface area contributed by atoms with E-state index in [2.05, 4.69) is 49.5 Å². The molecule has 2 amide bonds. The lowest BCUT2D eigenvalue weighted by molar-refractivity contribution is 0.0997. The van der Waals surface area contributed by atoms with Gasteiger partial charge in [0.05, 0.1) is 11.4 Å². The average Bonchev–Trinajstić information content (AvgIpc) is 3.01. The van der Waals surface area contributed by atoms with Gasteiger partial charge in [-0.3, -0.25) is 19.5 Å². The minimum absolute atomic E-state index is 0.187. The zero-order valence-electron chi connectivity index (χ0n) is 23.9. The van der Waals surface area contributed by atoms with Crippen molar-refractivity contribution >= 4 is 23.2 Å². The second-order valence-corrected chi connectivity index (χ2v) is 11.1. The van der Waals surface area contributed by atoms with Gasteiger partial charge in [-0.1, -0.05) is 12.1 Å². The highest BCUT2D eigenvalue weighted by Gasteiger charge is 2.18. The Balaban J connectivity index is 1.32. The minimum Gasteiger partial charge on any atom is -0.372 e. The van der Waals surface area contributed by atoms with Crippen LogP contribution in [0.2, 0.25) is 0 Å². The Labute approximate surface area is 242 Å². The lowest BCUT2D eigenvalue weighted by Gasteiger charge is -2.29. The molecule has 3 heterocycles. The Bertz CT molecular complexity index is 1350. The minimum atomic E-state index is -0.513. The van der Waals surface area contributed by atoms with Gasteiger partial charge in [-0.15, -0.1) is 0 Å². The molecule has 41 heavy (non-hydrogen) atoms. The Hall–Kier alpha value is -3.79. The topological polar surface area (TPSA) is 107 Å². The van der Waals surface area contributed by atoms with E-state index in [4.69, 9.17) is 5.73 Å². The molecule has 2 aliphatic heterocycles. The molecular weight excluding hydrogens is 514 g/mol. The summed E-state index contributed by atoms with van der Waals surface area (Å²) in [7, 11) is 2.12. The number of rotatable bonds is 10. The standard InChI is InChI=1S/C32H41N7O2/c1-37(18-19-38-16-12-34-13-17-38)23-24-6-5-7-26(20-24)32(41)36-29-9-8-27(39-14-3-2-4-15-39)22-28(29)30-21-25(31(33)40)10-11-35-30/h5-11,20-22,34H,2-4,12-19,23H2,1H3,(H2,33,40)(H,36,41). The number of anilines is 2. The van der Waals surface area contributed by atoms with Gasteiger partial charge in [0, 0.05) is 87.5 Å². The summed E-state index contributed by atoms with van der Waals surface area (Å²) in [5.74, 6) is -0.700. The van der Waals surface area contributed by atoms with E-state index in [1.807, 2.05) is 30.3 Å². The van der Waals surface area contributed by atoms with Gasteiger partial charge in [-0.25, -0.2) is 0 Å². The third-order valence-electron chi connectivity index (χ3n) is 7.94. The van der Waals surface area contributed by atoms with E-state index in [0.29, 0.717) is 22.5 Å². The monoisotopic (exact) mass is 555 g/mol. The summed E-state index contributed by atoms with van der Waals surface area (Å²) in [6.45, 7) is 9.06. The fourth-order valence-electron chi connectivity index (χ4n) is 5.58. The number of piperidine rings is 1. The second kappa shape index (κ2) is 13.7. The molecule has 2 fully saturated rings. The molecule has 2 saturated heterocycles. The first-order valence-electron chi connectivity index (χ1n) is 14.6. The van der Waals surface area contributed by atoms with Crippen LogP contribution < -0.4 is 21.3 Å². The fourth-order valence-corrected chi connectivity index (χ4v) is 5.58. The molecule has 0 atom stereocenters. The summed E-state index contributed by atoms with van der Waals surface area (Å²) in [5.41, 5.74) is 10.7. The van der Waals surface area contributed by atoms with Crippen LogP contribution in [0.15, 0.2) is 60.8 Å². The van der Waals surface area contributed by atoms with Crippen LogP contribution in [0.4, 0.5) is 11.4 Å². The molecule has 9 heteroatoms. The molecule has 0 aliphatic carbocycles. The Morgan fingerprint density at radius 3 is 2.56 bits per heavy atom. The van der Waals surface area contributed by atoms with Gasteiger partial charge < -0.3 is 26.2 Å². The number of hydrogen-bond acceptors (Lipinski definition) is 7. The number of likely N-dealkylation sites (N-methyl/N-ethyl adjacent to an activating group) is 1. The number of amides is 2. The summed E-state index contributed by atoms with van der Waals surface area (Å²) < 4.78 is 0. The number of carbonyl (C=O) groups is 2. The molecule has 0 bridgehead atoms. The third kappa shape index (κ3) is 7.70. The Morgan fingerprint density at radius 1 is 0.976 bits per heavy atom. The van der Waals surface area contributed by atoms with Crippen molar-refractivity contribution in [3.05, 3.63) is 77.5 Å². The molecule has 1 aromatic heterocycles. The van der Waals surface area contributed by atoms with Gasteiger partial charge in [0.1, 0.15) is 0 Å². The van der Waals surface area contributed by atoms with Crippen LogP contribution in [0.3, 0.4) is 0 Å². The van der Waals surface area contributed by atoms with Crippen molar-refractivity contribution in [2.24, 2.45) is 5.73 Å². The number of nitrogens with one attached hydrogen (secondary N) is 2. The van der Waals surface area contributed by atoms with E-state index in [-0.39, 0.29) is 5.91 Å². The number of benzene rings is 2. The molecule has 216 valence electrons. The molecule has 9 nitrogen and oxygen atoms in total. The number of piperazine rings is 1. The molecule has 0 unspecified atom stereocenters. The summed E-state index contributed by atoms with van der Waals surface area (Å²) >= 11 is 0. The largest absolute Gasteiger partial charge is 0.372 e. The highest BCUT2D eigenvalue weighted by atomic mass is 16.2. The molecule has 2 aromatic carbocycles. The maximum Gasteiger partial charge on any atom is 0.255 e. The normalized spacial score (nSPS) is 16.1. The fraction of sp³-hybridized carbons (Fsp3) is 0.406. The first-order valence-corrected chi connectivity index (χ1v) is 14.6. The van der Waals surface area contributed by atoms with Gasteiger partial charge in [0.15, 0.2) is 0 Å². The van der Waals surface area contributed by atoms with Gasteiger partial charge >= 0.3 is 0 Å². The number of nitrogens with zero attached hydrogens (tertiary/aromatic N) is 4. The van der Waals surface area contributed by atoms with Crippen LogP contribution in [-0.4, -0.2) is 86.0 Å². The first kappa shape index (κ1) is 28.7. The molecule has 5 rings (SSSR count). The van der Waals surface area contributed by atoms with Crippen LogP contribution in [0.5, 0.6) is 0 Å². The van der Waals surface area contributed by atoms with E-state index >= 15 is 0 Å². The SMILES string of the molecule is CN(CCN1CCNCC1)Cc1cccc(C(=O)Nc2ccc(N3CCCCC3)cc2-c2cc(C(N)=O)ccn2)c1. The molecule has 2 aliphatic rings. The lowest BCUT2D eigenvalue weighted by atomic mass is 10.0. The third-order valence-corrected chi connectivity index (χ3v) is 7.94. The highest BCUT2D eigenvalue weighted by molar-refractivity contribution is 6.06. The van der Waals surface area contributed by atoms with E-state index in [9.17, 15) is 9.59 Å². The lowest BCUT2D eigenvalue weighted by Crippen LogP contribution is -2.45. The van der Waals surface area contributed by atoms with Gasteiger partial charge in [0.2, 0.25) is 5.91 Å². The van der Waals surface area contributed by atoms with Crippen LogP contribution in [0.1, 0.15) is 45.5 Å². The maximum atomic E-state index is 13.5. The number of nitrogens with two attached hydrogens (primary N) is 1. The summed E-state index contributed by atoms with van der Waals surface area (Å²) in [5, 5.41) is 6.51. The van der Waals surface area contributed by atoms with E-state index < -0.39 is 5.91 Å². The van der Waals surface area contributed by atoms with Gasteiger partial charge in [-0.05, 0) is 74.3 Å². The van der Waals surface area contributed by atoms with E-state index in [1.54, 1.807) is 18.3 Å². The number of carbonyl (C=O) groups excluding carboxylic acids is 2. The maximum absolute atomic E-state index is 13.5. The van der Waals surface area contributed by atoms with Crippen LogP contribution in [-0.2, 0) is 6.54 Å². The van der Waals surface area contributed by atoms with Crippen molar-refractivity contribution in [2.45, 2.75) is 25.8 Å². The van der Waals surface area contributed by atoms with Crippen molar-refractivity contribution in [1.29, 1.82) is 0 Å². The van der Waals surface area contributed by atoms with E-state index in [1.165, 1.54) is 6.42 Å². The predicted octanol–water partition coefficient (Wildman–Crippen LogP) is 3.43. The Kier molecular flexibility index (Phi) is 9.61. The van der Waals surface area contributed by atoms with Crippen molar-refractivity contribution in [2.75, 3.05) is 69.6 Å². The smallest absolute Gasteiger partial charge is 0.255 e. The predicted molar refractivity (Wildman–Crippen MR) is 164 cm³/mol. The second-order valence-electron chi connectivity index (χ2n) is 11.1.